The molecule has 0 fully saturated rings. The lowest BCUT2D eigenvalue weighted by Crippen LogP contribution is -2.38. The fourth-order valence-corrected chi connectivity index (χ4v) is 4.82. The highest BCUT2D eigenvalue weighted by Crippen LogP contribution is 2.21. The van der Waals surface area contributed by atoms with Crippen molar-refractivity contribution in [3.05, 3.63) is 35.4 Å². The van der Waals surface area contributed by atoms with E-state index in [-0.39, 0.29) is 0 Å². The molecule has 1 rings (SSSR count). The van der Waals surface area contributed by atoms with Gasteiger partial charge in [0.25, 0.3) is 0 Å². The van der Waals surface area contributed by atoms with Crippen LogP contribution in [0.3, 0.4) is 0 Å². The second-order valence-electron chi connectivity index (χ2n) is 5.34. The van der Waals surface area contributed by atoms with Gasteiger partial charge in [0.05, 0.1) is 0 Å². The minimum Gasteiger partial charge on any atom is -0.398 e. The molecule has 0 aliphatic heterocycles. The number of halogens is 2. The first kappa shape index (κ1) is 18.3. The Labute approximate surface area is 127 Å². The number of unbranched alkanes of at least 4 members (excludes halogenated alkanes) is 3. The summed E-state index contributed by atoms with van der Waals surface area (Å²) >= 11 is 0. The maximum Gasteiger partial charge on any atom is 0.337 e. The predicted molar refractivity (Wildman–Crippen MR) is 83.6 cm³/mol. The zero-order valence-electron chi connectivity index (χ0n) is 13.3. The number of aryl methyl sites for hydroxylation is 1. The number of hydrogen-bond acceptors (Lipinski definition) is 2. The fourth-order valence-electron chi connectivity index (χ4n) is 2.53. The Morgan fingerprint density at radius 1 is 0.952 bits per heavy atom. The largest absolute Gasteiger partial charge is 0.398 e. The van der Waals surface area contributed by atoms with Gasteiger partial charge in [0.2, 0.25) is 0 Å². The molecule has 0 N–H and O–H groups in total. The first-order valence-corrected chi connectivity index (χ1v) is 9.84. The molecular formula is C16H26F2O2Si. The van der Waals surface area contributed by atoms with Crippen LogP contribution in [0.4, 0.5) is 8.78 Å². The summed E-state index contributed by atoms with van der Waals surface area (Å²) in [5, 5.41) is 0. The first-order chi connectivity index (χ1) is 10.1. The summed E-state index contributed by atoms with van der Waals surface area (Å²) in [5.41, 5.74) is 0.861. The molecule has 1 aromatic carbocycles. The summed E-state index contributed by atoms with van der Waals surface area (Å²) in [6.07, 6.45) is 5.08. The van der Waals surface area contributed by atoms with E-state index in [0.717, 1.165) is 49.8 Å². The summed E-state index contributed by atoms with van der Waals surface area (Å²) < 4.78 is 37.0. The van der Waals surface area contributed by atoms with E-state index in [1.165, 1.54) is 12.1 Å². The van der Waals surface area contributed by atoms with Crippen molar-refractivity contribution in [2.75, 3.05) is 14.2 Å². The molecule has 1 aromatic rings. The fraction of sp³-hybridized carbons (Fsp3) is 0.625. The third kappa shape index (κ3) is 5.85. The zero-order chi connectivity index (χ0) is 15.7. The molecule has 120 valence electrons. The molecule has 0 atom stereocenters. The third-order valence-electron chi connectivity index (χ3n) is 4.04. The molecule has 5 heteroatoms. The Balaban J connectivity index is 2.21. The normalized spacial score (nSPS) is 11.9. The summed E-state index contributed by atoms with van der Waals surface area (Å²) in [6.45, 7) is 2.11. The Hall–Kier alpha value is -0.783. The molecule has 0 saturated heterocycles. The molecule has 0 amide bonds. The van der Waals surface area contributed by atoms with Crippen molar-refractivity contribution in [2.45, 2.75) is 51.1 Å². The molecule has 0 aliphatic rings. The van der Waals surface area contributed by atoms with E-state index < -0.39 is 20.2 Å². The highest BCUT2D eigenvalue weighted by atomic mass is 28.4. The van der Waals surface area contributed by atoms with Gasteiger partial charge in [-0.05, 0) is 42.6 Å². The van der Waals surface area contributed by atoms with Crippen molar-refractivity contribution in [1.82, 2.24) is 0 Å². The van der Waals surface area contributed by atoms with E-state index >= 15 is 0 Å². The molecular weight excluding hydrogens is 290 g/mol. The summed E-state index contributed by atoms with van der Waals surface area (Å²) in [5.74, 6) is -1.54. The van der Waals surface area contributed by atoms with E-state index in [2.05, 4.69) is 6.92 Å². The molecule has 2 nitrogen and oxygen atoms in total. The van der Waals surface area contributed by atoms with Gasteiger partial charge < -0.3 is 8.85 Å². The zero-order valence-corrected chi connectivity index (χ0v) is 14.3. The lowest BCUT2D eigenvalue weighted by molar-refractivity contribution is 0.241. The van der Waals surface area contributed by atoms with E-state index in [0.29, 0.717) is 0 Å². The lowest BCUT2D eigenvalue weighted by atomic mass is 10.1. The Bertz CT molecular complexity index is 414. The average Bonchev–Trinajstić information content (AvgIpc) is 2.51. The van der Waals surface area contributed by atoms with E-state index in [1.54, 1.807) is 20.3 Å². The van der Waals surface area contributed by atoms with Crippen molar-refractivity contribution in [3.8, 4) is 0 Å². The van der Waals surface area contributed by atoms with E-state index in [9.17, 15) is 8.78 Å². The van der Waals surface area contributed by atoms with Crippen LogP contribution in [0, 0.1) is 11.6 Å². The van der Waals surface area contributed by atoms with Crippen LogP contribution >= 0.6 is 0 Å². The third-order valence-corrected chi connectivity index (χ3v) is 7.72. The van der Waals surface area contributed by atoms with Crippen LogP contribution in [-0.2, 0) is 15.3 Å². The van der Waals surface area contributed by atoms with Gasteiger partial charge >= 0.3 is 8.56 Å². The SMILES string of the molecule is CC[Si](CCCCCCc1ccc(F)c(F)c1)(OC)OC. The molecule has 0 heterocycles. The van der Waals surface area contributed by atoms with Crippen LogP contribution in [0.1, 0.15) is 38.2 Å². The topological polar surface area (TPSA) is 18.5 Å². The van der Waals surface area contributed by atoms with Crippen molar-refractivity contribution >= 4 is 8.56 Å². The smallest absolute Gasteiger partial charge is 0.337 e. The predicted octanol–water partition coefficient (Wildman–Crippen LogP) is 4.82. The van der Waals surface area contributed by atoms with Gasteiger partial charge in [-0.25, -0.2) is 8.78 Å². The number of hydrogen-bond donors (Lipinski definition) is 0. The number of benzene rings is 1. The summed E-state index contributed by atoms with van der Waals surface area (Å²) in [7, 11) is 1.53. The van der Waals surface area contributed by atoms with E-state index in [1.807, 2.05) is 0 Å². The molecule has 0 unspecified atom stereocenters. The van der Waals surface area contributed by atoms with Gasteiger partial charge in [0, 0.05) is 14.2 Å². The highest BCUT2D eigenvalue weighted by Gasteiger charge is 2.32. The van der Waals surface area contributed by atoms with Crippen LogP contribution < -0.4 is 0 Å². The molecule has 0 aliphatic carbocycles. The van der Waals surface area contributed by atoms with Crippen LogP contribution in [0.25, 0.3) is 0 Å². The van der Waals surface area contributed by atoms with Gasteiger partial charge in [0.1, 0.15) is 0 Å². The minimum atomic E-state index is -1.95. The standard InChI is InChI=1S/C16H26F2O2Si/c1-4-21(19-2,20-3)12-8-6-5-7-9-14-10-11-15(17)16(18)13-14/h10-11,13H,4-9,12H2,1-3H3. The molecule has 0 spiro atoms. The van der Waals surface area contributed by atoms with Crippen LogP contribution in [0.15, 0.2) is 18.2 Å². The van der Waals surface area contributed by atoms with Gasteiger partial charge in [-0.2, -0.15) is 0 Å². The first-order valence-electron chi connectivity index (χ1n) is 7.61. The van der Waals surface area contributed by atoms with Crippen LogP contribution in [0.2, 0.25) is 12.1 Å². The Kier molecular flexibility index (Phi) is 8.07. The molecule has 0 saturated carbocycles. The van der Waals surface area contributed by atoms with Crippen LogP contribution in [0.5, 0.6) is 0 Å². The van der Waals surface area contributed by atoms with Crippen LogP contribution in [-0.4, -0.2) is 22.8 Å². The van der Waals surface area contributed by atoms with Gasteiger partial charge in [-0.1, -0.05) is 32.3 Å². The second-order valence-corrected chi connectivity index (χ2v) is 9.18. The summed E-state index contributed by atoms with van der Waals surface area (Å²) in [4.78, 5) is 0. The minimum absolute atomic E-state index is 0.758. The van der Waals surface area contributed by atoms with Crippen molar-refractivity contribution in [3.63, 3.8) is 0 Å². The van der Waals surface area contributed by atoms with Crippen molar-refractivity contribution in [1.29, 1.82) is 0 Å². The quantitative estimate of drug-likeness (QED) is 0.455. The Morgan fingerprint density at radius 3 is 2.19 bits per heavy atom. The number of rotatable bonds is 10. The Morgan fingerprint density at radius 2 is 1.62 bits per heavy atom. The van der Waals surface area contributed by atoms with Crippen molar-refractivity contribution < 1.29 is 17.6 Å². The van der Waals surface area contributed by atoms with E-state index in [4.69, 9.17) is 8.85 Å². The van der Waals surface area contributed by atoms with Crippen molar-refractivity contribution in [2.24, 2.45) is 0 Å². The monoisotopic (exact) mass is 316 g/mol. The van der Waals surface area contributed by atoms with Gasteiger partial charge in [0.15, 0.2) is 11.6 Å². The second kappa shape index (κ2) is 9.28. The molecule has 0 radical (unpaired) electrons. The lowest BCUT2D eigenvalue weighted by Gasteiger charge is -2.25. The van der Waals surface area contributed by atoms with Gasteiger partial charge in [-0.15, -0.1) is 0 Å². The summed E-state index contributed by atoms with van der Waals surface area (Å²) in [6, 6.07) is 6.13. The maximum absolute atomic E-state index is 13.1. The highest BCUT2D eigenvalue weighted by molar-refractivity contribution is 6.67. The average molecular weight is 316 g/mol. The maximum atomic E-state index is 13.1. The molecule has 0 bridgehead atoms. The van der Waals surface area contributed by atoms with Gasteiger partial charge in [-0.3, -0.25) is 0 Å². The molecule has 0 aromatic heterocycles. The molecule has 21 heavy (non-hydrogen) atoms.